The Morgan fingerprint density at radius 1 is 1.03 bits per heavy atom. The van der Waals surface area contributed by atoms with Gasteiger partial charge in [-0.15, -0.1) is 0 Å². The number of carbonyl (C=O) groups is 1. The van der Waals surface area contributed by atoms with Crippen molar-refractivity contribution < 1.29 is 19.2 Å². The van der Waals surface area contributed by atoms with Crippen LogP contribution < -0.4 is 14.4 Å². The second-order valence-corrected chi connectivity index (χ2v) is 8.88. The SMILES string of the molecule is CCOc1cc(/C=C2\SC(=S)N(c3ccc([N+](=O)[O-])cc3)C2=O)ccc1OCc1ccccc1. The van der Waals surface area contributed by atoms with E-state index in [1.165, 1.54) is 40.9 Å². The molecule has 1 fully saturated rings. The number of hydrogen-bond donors (Lipinski definition) is 0. The van der Waals surface area contributed by atoms with Gasteiger partial charge in [0.1, 0.15) is 6.61 Å². The number of nitro groups is 1. The number of ether oxygens (including phenoxy) is 2. The van der Waals surface area contributed by atoms with Crippen molar-refractivity contribution in [1.29, 1.82) is 0 Å². The zero-order valence-corrected chi connectivity index (χ0v) is 19.8. The van der Waals surface area contributed by atoms with Crippen molar-refractivity contribution in [1.82, 2.24) is 0 Å². The van der Waals surface area contributed by atoms with Gasteiger partial charge in [0, 0.05) is 12.1 Å². The fourth-order valence-electron chi connectivity index (χ4n) is 3.30. The molecule has 3 aromatic carbocycles. The Bertz CT molecular complexity index is 1260. The Labute approximate surface area is 206 Å². The van der Waals surface area contributed by atoms with Crippen LogP contribution in [0.3, 0.4) is 0 Å². The first-order valence-corrected chi connectivity index (χ1v) is 11.6. The number of rotatable bonds is 8. The molecule has 0 atom stereocenters. The van der Waals surface area contributed by atoms with Crippen molar-refractivity contribution in [3.63, 3.8) is 0 Å². The van der Waals surface area contributed by atoms with Gasteiger partial charge >= 0.3 is 0 Å². The zero-order chi connectivity index (χ0) is 24.1. The van der Waals surface area contributed by atoms with E-state index in [2.05, 4.69) is 0 Å². The monoisotopic (exact) mass is 492 g/mol. The molecule has 1 aliphatic heterocycles. The summed E-state index contributed by atoms with van der Waals surface area (Å²) in [5, 5.41) is 10.9. The summed E-state index contributed by atoms with van der Waals surface area (Å²) in [6.07, 6.45) is 1.74. The molecule has 0 radical (unpaired) electrons. The van der Waals surface area contributed by atoms with Gasteiger partial charge in [-0.3, -0.25) is 19.8 Å². The fourth-order valence-corrected chi connectivity index (χ4v) is 4.60. The highest BCUT2D eigenvalue weighted by molar-refractivity contribution is 8.27. The predicted octanol–water partition coefficient (Wildman–Crippen LogP) is 5.98. The maximum Gasteiger partial charge on any atom is 0.270 e. The summed E-state index contributed by atoms with van der Waals surface area (Å²) in [6.45, 7) is 2.77. The van der Waals surface area contributed by atoms with Crippen LogP contribution in [-0.4, -0.2) is 21.8 Å². The summed E-state index contributed by atoms with van der Waals surface area (Å²) in [7, 11) is 0. The number of amides is 1. The minimum Gasteiger partial charge on any atom is -0.490 e. The van der Waals surface area contributed by atoms with Gasteiger partial charge in [0.25, 0.3) is 11.6 Å². The maximum absolute atomic E-state index is 13.0. The predicted molar refractivity (Wildman–Crippen MR) is 137 cm³/mol. The first kappa shape index (κ1) is 23.5. The van der Waals surface area contributed by atoms with Crippen LogP contribution in [-0.2, 0) is 11.4 Å². The Balaban J connectivity index is 1.54. The van der Waals surface area contributed by atoms with Crippen molar-refractivity contribution in [2.75, 3.05) is 11.5 Å². The van der Waals surface area contributed by atoms with Crippen molar-refractivity contribution in [2.45, 2.75) is 13.5 Å². The Morgan fingerprint density at radius 3 is 2.44 bits per heavy atom. The lowest BCUT2D eigenvalue weighted by molar-refractivity contribution is -0.384. The summed E-state index contributed by atoms with van der Waals surface area (Å²) >= 11 is 6.57. The number of nitrogens with zero attached hydrogens (tertiary/aromatic N) is 2. The number of anilines is 1. The third-order valence-electron chi connectivity index (χ3n) is 4.91. The van der Waals surface area contributed by atoms with E-state index >= 15 is 0 Å². The van der Waals surface area contributed by atoms with Crippen molar-refractivity contribution in [3.8, 4) is 11.5 Å². The van der Waals surface area contributed by atoms with Crippen LogP contribution in [0.2, 0.25) is 0 Å². The molecule has 1 amide bonds. The highest BCUT2D eigenvalue weighted by Crippen LogP contribution is 2.37. The van der Waals surface area contributed by atoms with Gasteiger partial charge in [0.15, 0.2) is 15.8 Å². The van der Waals surface area contributed by atoms with E-state index in [4.69, 9.17) is 21.7 Å². The average molecular weight is 493 g/mol. The number of non-ortho nitro benzene ring substituents is 1. The molecule has 34 heavy (non-hydrogen) atoms. The third kappa shape index (κ3) is 5.27. The Morgan fingerprint density at radius 2 is 1.76 bits per heavy atom. The molecule has 9 heteroatoms. The number of benzene rings is 3. The van der Waals surface area contributed by atoms with E-state index in [1.807, 2.05) is 55.5 Å². The minimum absolute atomic E-state index is 0.0530. The van der Waals surface area contributed by atoms with E-state index in [9.17, 15) is 14.9 Å². The standard InChI is InChI=1S/C25H20N2O5S2/c1-2-31-22-14-18(8-13-21(22)32-16-17-6-4-3-5-7-17)15-23-24(28)26(25(33)34-23)19-9-11-20(12-10-19)27(29)30/h3-15H,2,16H2,1H3/b23-15-. The van der Waals surface area contributed by atoms with E-state index < -0.39 is 4.92 Å². The molecule has 0 N–H and O–H groups in total. The first-order valence-electron chi connectivity index (χ1n) is 10.4. The van der Waals surface area contributed by atoms with Crippen LogP contribution in [0.25, 0.3) is 6.08 Å². The van der Waals surface area contributed by atoms with E-state index in [0.29, 0.717) is 39.6 Å². The first-order chi connectivity index (χ1) is 16.5. The van der Waals surface area contributed by atoms with Gasteiger partial charge in [-0.05, 0) is 48.4 Å². The molecule has 0 bridgehead atoms. The molecule has 1 saturated heterocycles. The third-order valence-corrected chi connectivity index (χ3v) is 6.22. The van der Waals surface area contributed by atoms with Gasteiger partial charge in [-0.2, -0.15) is 0 Å². The van der Waals surface area contributed by atoms with Gasteiger partial charge in [0.05, 0.1) is 22.1 Å². The average Bonchev–Trinajstić information content (AvgIpc) is 3.12. The quantitative estimate of drug-likeness (QED) is 0.166. The highest BCUT2D eigenvalue weighted by Gasteiger charge is 2.33. The summed E-state index contributed by atoms with van der Waals surface area (Å²) in [5.41, 5.74) is 2.24. The fraction of sp³-hybridized carbons (Fsp3) is 0.120. The number of nitro benzene ring substituents is 1. The van der Waals surface area contributed by atoms with E-state index in [1.54, 1.807) is 6.08 Å². The van der Waals surface area contributed by atoms with E-state index in [-0.39, 0.29) is 11.6 Å². The van der Waals surface area contributed by atoms with Crippen LogP contribution in [0.4, 0.5) is 11.4 Å². The summed E-state index contributed by atoms with van der Waals surface area (Å²) < 4.78 is 12.1. The molecule has 0 aromatic heterocycles. The molecular weight excluding hydrogens is 472 g/mol. The smallest absolute Gasteiger partial charge is 0.270 e. The number of thiocarbonyl (C=S) groups is 1. The molecule has 0 spiro atoms. The topological polar surface area (TPSA) is 81.9 Å². The van der Waals surface area contributed by atoms with Gasteiger partial charge in [-0.25, -0.2) is 0 Å². The number of thioether (sulfide) groups is 1. The lowest BCUT2D eigenvalue weighted by atomic mass is 10.1. The summed E-state index contributed by atoms with van der Waals surface area (Å²) in [4.78, 5) is 25.3. The van der Waals surface area contributed by atoms with Crippen LogP contribution in [0.15, 0.2) is 77.7 Å². The Kier molecular flexibility index (Phi) is 7.24. The molecule has 1 heterocycles. The van der Waals surface area contributed by atoms with Crippen LogP contribution >= 0.6 is 24.0 Å². The van der Waals surface area contributed by atoms with Gasteiger partial charge in [-0.1, -0.05) is 60.4 Å². The largest absolute Gasteiger partial charge is 0.490 e. The summed E-state index contributed by atoms with van der Waals surface area (Å²) in [5.74, 6) is 0.908. The second kappa shape index (κ2) is 10.5. The van der Waals surface area contributed by atoms with Crippen LogP contribution in [0.5, 0.6) is 11.5 Å². The number of carbonyl (C=O) groups excluding carboxylic acids is 1. The molecule has 0 saturated carbocycles. The molecule has 7 nitrogen and oxygen atoms in total. The van der Waals surface area contributed by atoms with Gasteiger partial charge in [0.2, 0.25) is 0 Å². The Hall–Kier alpha value is -3.69. The highest BCUT2D eigenvalue weighted by atomic mass is 32.2. The molecule has 172 valence electrons. The molecule has 0 unspecified atom stereocenters. The second-order valence-electron chi connectivity index (χ2n) is 7.20. The molecular formula is C25H20N2O5S2. The zero-order valence-electron chi connectivity index (χ0n) is 18.2. The van der Waals surface area contributed by atoms with Gasteiger partial charge < -0.3 is 9.47 Å². The number of hydrogen-bond acceptors (Lipinski definition) is 7. The molecule has 0 aliphatic carbocycles. The molecule has 3 aromatic rings. The minimum atomic E-state index is -0.489. The normalized spacial score (nSPS) is 14.5. The van der Waals surface area contributed by atoms with Crippen LogP contribution in [0.1, 0.15) is 18.1 Å². The van der Waals surface area contributed by atoms with Crippen LogP contribution in [0, 0.1) is 10.1 Å². The summed E-state index contributed by atoms with van der Waals surface area (Å²) in [6, 6.07) is 21.0. The van der Waals surface area contributed by atoms with Crippen molar-refractivity contribution in [3.05, 3.63) is 98.9 Å². The van der Waals surface area contributed by atoms with E-state index in [0.717, 1.165) is 11.1 Å². The molecule has 1 aliphatic rings. The van der Waals surface area contributed by atoms with Crippen molar-refractivity contribution >= 4 is 51.7 Å². The van der Waals surface area contributed by atoms with Crippen molar-refractivity contribution in [2.24, 2.45) is 0 Å². The maximum atomic E-state index is 13.0. The molecule has 4 rings (SSSR count). The lowest BCUT2D eigenvalue weighted by Gasteiger charge is -2.14. The lowest BCUT2D eigenvalue weighted by Crippen LogP contribution is -2.27.